The predicted octanol–water partition coefficient (Wildman–Crippen LogP) is 3.76. The van der Waals surface area contributed by atoms with Gasteiger partial charge >= 0.3 is 0 Å². The third kappa shape index (κ3) is 3.66. The van der Waals surface area contributed by atoms with Crippen LogP contribution in [-0.2, 0) is 6.54 Å². The summed E-state index contributed by atoms with van der Waals surface area (Å²) in [6.45, 7) is 2.75. The molecule has 1 aromatic carbocycles. The summed E-state index contributed by atoms with van der Waals surface area (Å²) in [7, 11) is 0. The quantitative estimate of drug-likeness (QED) is 0.844. The van der Waals surface area contributed by atoms with E-state index in [2.05, 4.69) is 30.8 Å². The van der Waals surface area contributed by atoms with Gasteiger partial charge in [-0.05, 0) is 59.4 Å². The maximum atomic E-state index is 13.8. The zero-order chi connectivity index (χ0) is 14.7. The van der Waals surface area contributed by atoms with Crippen LogP contribution in [0.2, 0.25) is 0 Å². The fourth-order valence-corrected chi connectivity index (χ4v) is 3.06. The van der Waals surface area contributed by atoms with Gasteiger partial charge in [0.25, 0.3) is 0 Å². The molecule has 0 atom stereocenters. The van der Waals surface area contributed by atoms with Crippen LogP contribution in [0.1, 0.15) is 30.0 Å². The summed E-state index contributed by atoms with van der Waals surface area (Å²) in [5, 5.41) is 0. The molecule has 0 amide bonds. The molecule has 1 aliphatic heterocycles. The number of halogens is 2. The van der Waals surface area contributed by atoms with Gasteiger partial charge in [-0.2, -0.15) is 0 Å². The highest BCUT2D eigenvalue weighted by atomic mass is 79.9. The fourth-order valence-electron chi connectivity index (χ4n) is 2.86. The number of aromatic nitrogens is 2. The van der Waals surface area contributed by atoms with Gasteiger partial charge in [0.2, 0.25) is 0 Å². The van der Waals surface area contributed by atoms with Crippen molar-refractivity contribution in [2.75, 3.05) is 13.1 Å². The Balaban J connectivity index is 1.58. The summed E-state index contributed by atoms with van der Waals surface area (Å²) in [5.74, 6) is 0.258. The Morgan fingerprint density at radius 3 is 2.57 bits per heavy atom. The molecule has 0 saturated carbocycles. The smallest absolute Gasteiger partial charge is 0.126 e. The lowest BCUT2D eigenvalue weighted by atomic mass is 9.89. The van der Waals surface area contributed by atoms with Gasteiger partial charge in [0.15, 0.2) is 0 Å². The van der Waals surface area contributed by atoms with E-state index in [0.29, 0.717) is 5.92 Å². The zero-order valence-electron chi connectivity index (χ0n) is 11.7. The van der Waals surface area contributed by atoms with Crippen molar-refractivity contribution in [2.45, 2.75) is 25.3 Å². The molecule has 0 aliphatic carbocycles. The van der Waals surface area contributed by atoms with Gasteiger partial charge < -0.3 is 0 Å². The molecule has 110 valence electrons. The average molecular weight is 350 g/mol. The molecule has 1 saturated heterocycles. The van der Waals surface area contributed by atoms with E-state index < -0.39 is 0 Å². The molecule has 0 radical (unpaired) electrons. The Morgan fingerprint density at radius 2 is 1.90 bits per heavy atom. The third-order valence-electron chi connectivity index (χ3n) is 3.99. The van der Waals surface area contributed by atoms with E-state index in [0.717, 1.165) is 48.3 Å². The lowest BCUT2D eigenvalue weighted by Gasteiger charge is -2.32. The molecule has 0 unspecified atom stereocenters. The van der Waals surface area contributed by atoms with Crippen LogP contribution in [0.4, 0.5) is 4.39 Å². The summed E-state index contributed by atoms with van der Waals surface area (Å²) >= 11 is 3.29. The van der Waals surface area contributed by atoms with Gasteiger partial charge in [0, 0.05) is 6.54 Å². The van der Waals surface area contributed by atoms with Gasteiger partial charge in [0.1, 0.15) is 10.4 Å². The number of hydrogen-bond donors (Lipinski definition) is 0. The SMILES string of the molecule is Fc1ccccc1C1CCN(Cc2cnc(Br)cn2)CC1. The first kappa shape index (κ1) is 14.6. The molecule has 0 N–H and O–H groups in total. The maximum absolute atomic E-state index is 13.8. The van der Waals surface area contributed by atoms with Crippen LogP contribution in [0.25, 0.3) is 0 Å². The van der Waals surface area contributed by atoms with E-state index in [1.54, 1.807) is 24.5 Å². The van der Waals surface area contributed by atoms with Crippen molar-refractivity contribution in [1.82, 2.24) is 14.9 Å². The largest absolute Gasteiger partial charge is 0.297 e. The van der Waals surface area contributed by atoms with Crippen LogP contribution in [0.15, 0.2) is 41.3 Å². The molecule has 21 heavy (non-hydrogen) atoms. The van der Waals surface area contributed by atoms with Gasteiger partial charge in [-0.15, -0.1) is 0 Å². The van der Waals surface area contributed by atoms with Crippen molar-refractivity contribution in [3.63, 3.8) is 0 Å². The molecule has 1 fully saturated rings. The predicted molar refractivity (Wildman–Crippen MR) is 83.4 cm³/mol. The van der Waals surface area contributed by atoms with Crippen LogP contribution in [-0.4, -0.2) is 28.0 Å². The van der Waals surface area contributed by atoms with Crippen LogP contribution in [0, 0.1) is 5.82 Å². The molecule has 5 heteroatoms. The molecular formula is C16H17BrFN3. The Labute approximate surface area is 132 Å². The molecule has 1 aromatic heterocycles. The third-order valence-corrected chi connectivity index (χ3v) is 4.40. The van der Waals surface area contributed by atoms with Crippen LogP contribution >= 0.6 is 15.9 Å². The number of likely N-dealkylation sites (tertiary alicyclic amines) is 1. The molecule has 2 heterocycles. The van der Waals surface area contributed by atoms with Gasteiger partial charge in [0.05, 0.1) is 18.1 Å². The van der Waals surface area contributed by atoms with E-state index in [4.69, 9.17) is 0 Å². The first-order valence-corrected chi connectivity index (χ1v) is 7.95. The first-order valence-electron chi connectivity index (χ1n) is 7.15. The van der Waals surface area contributed by atoms with E-state index in [9.17, 15) is 4.39 Å². The van der Waals surface area contributed by atoms with Crippen molar-refractivity contribution >= 4 is 15.9 Å². The zero-order valence-corrected chi connectivity index (χ0v) is 13.3. The minimum Gasteiger partial charge on any atom is -0.297 e. The maximum Gasteiger partial charge on any atom is 0.126 e. The standard InChI is InChI=1S/C16H17BrFN3/c17-16-10-19-13(9-20-16)11-21-7-5-12(6-8-21)14-3-1-2-4-15(14)18/h1-4,9-10,12H,5-8,11H2. The highest BCUT2D eigenvalue weighted by molar-refractivity contribution is 9.10. The number of rotatable bonds is 3. The van der Waals surface area contributed by atoms with Crippen LogP contribution in [0.5, 0.6) is 0 Å². The summed E-state index contributed by atoms with van der Waals surface area (Å²) in [6, 6.07) is 7.14. The number of benzene rings is 1. The Morgan fingerprint density at radius 1 is 1.14 bits per heavy atom. The lowest BCUT2D eigenvalue weighted by molar-refractivity contribution is 0.201. The fraction of sp³-hybridized carbons (Fsp3) is 0.375. The second kappa shape index (κ2) is 6.62. The van der Waals surface area contributed by atoms with E-state index in [1.165, 1.54) is 0 Å². The normalized spacial score (nSPS) is 17.0. The van der Waals surface area contributed by atoms with E-state index >= 15 is 0 Å². The van der Waals surface area contributed by atoms with Crippen molar-refractivity contribution < 1.29 is 4.39 Å². The van der Waals surface area contributed by atoms with Gasteiger partial charge in [-0.25, -0.2) is 9.37 Å². The lowest BCUT2D eigenvalue weighted by Crippen LogP contribution is -2.33. The molecule has 2 aromatic rings. The van der Waals surface area contributed by atoms with Crippen molar-refractivity contribution in [3.8, 4) is 0 Å². The summed E-state index contributed by atoms with van der Waals surface area (Å²) in [4.78, 5) is 10.9. The van der Waals surface area contributed by atoms with Crippen molar-refractivity contribution in [1.29, 1.82) is 0 Å². The van der Waals surface area contributed by atoms with Gasteiger partial charge in [-0.3, -0.25) is 9.88 Å². The number of hydrogen-bond acceptors (Lipinski definition) is 3. The van der Waals surface area contributed by atoms with E-state index in [-0.39, 0.29) is 5.82 Å². The molecular weight excluding hydrogens is 333 g/mol. The topological polar surface area (TPSA) is 29.0 Å². The van der Waals surface area contributed by atoms with Crippen molar-refractivity contribution in [2.24, 2.45) is 0 Å². The molecule has 0 spiro atoms. The average Bonchev–Trinajstić information content (AvgIpc) is 2.51. The first-order chi connectivity index (χ1) is 10.2. The highest BCUT2D eigenvalue weighted by Gasteiger charge is 2.22. The Hall–Kier alpha value is -1.33. The van der Waals surface area contributed by atoms with Crippen molar-refractivity contribution in [3.05, 3.63) is 58.3 Å². The number of piperidine rings is 1. The minimum atomic E-state index is -0.0743. The van der Waals surface area contributed by atoms with E-state index in [1.807, 2.05) is 12.1 Å². The van der Waals surface area contributed by atoms with Gasteiger partial charge in [-0.1, -0.05) is 18.2 Å². The summed E-state index contributed by atoms with van der Waals surface area (Å²) in [6.07, 6.45) is 5.50. The second-order valence-electron chi connectivity index (χ2n) is 5.40. The minimum absolute atomic E-state index is 0.0743. The second-order valence-corrected chi connectivity index (χ2v) is 6.21. The van der Waals surface area contributed by atoms with Crippen LogP contribution < -0.4 is 0 Å². The highest BCUT2D eigenvalue weighted by Crippen LogP contribution is 2.30. The van der Waals surface area contributed by atoms with Crippen LogP contribution in [0.3, 0.4) is 0 Å². The summed E-state index contributed by atoms with van der Waals surface area (Å²) in [5.41, 5.74) is 1.84. The number of nitrogens with zero attached hydrogens (tertiary/aromatic N) is 3. The Kier molecular flexibility index (Phi) is 4.60. The molecule has 3 nitrogen and oxygen atoms in total. The Bertz CT molecular complexity index is 595. The summed E-state index contributed by atoms with van der Waals surface area (Å²) < 4.78 is 14.6. The monoisotopic (exact) mass is 349 g/mol. The molecule has 3 rings (SSSR count). The molecule has 0 bridgehead atoms. The molecule has 1 aliphatic rings.